The lowest BCUT2D eigenvalue weighted by Gasteiger charge is -2.09. The zero-order valence-electron chi connectivity index (χ0n) is 11.8. The van der Waals surface area contributed by atoms with Gasteiger partial charge >= 0.3 is 0 Å². The van der Waals surface area contributed by atoms with E-state index in [4.69, 9.17) is 4.74 Å². The lowest BCUT2D eigenvalue weighted by atomic mass is 10.1. The zero-order chi connectivity index (χ0) is 12.1. The van der Waals surface area contributed by atoms with Crippen molar-refractivity contribution in [3.05, 3.63) is 0 Å². The first-order valence-corrected chi connectivity index (χ1v) is 7.42. The van der Waals surface area contributed by atoms with Crippen LogP contribution >= 0.6 is 0 Å². The van der Waals surface area contributed by atoms with Gasteiger partial charge in [0.2, 0.25) is 0 Å². The number of rotatable bonds is 12. The van der Waals surface area contributed by atoms with E-state index < -0.39 is 0 Å². The third-order valence-electron chi connectivity index (χ3n) is 3.23. The molecule has 0 bridgehead atoms. The predicted molar refractivity (Wildman–Crippen MR) is 72.9 cm³/mol. The summed E-state index contributed by atoms with van der Waals surface area (Å²) in [6.45, 7) is 7.58. The average Bonchev–Trinajstić information content (AvgIpc) is 2.31. The predicted octanol–water partition coefficient (Wildman–Crippen LogP) is 5.33. The molecule has 98 valence electrons. The van der Waals surface area contributed by atoms with Crippen LogP contribution in [0.25, 0.3) is 0 Å². The second-order valence-electron chi connectivity index (χ2n) is 4.92. The van der Waals surface area contributed by atoms with E-state index in [1.54, 1.807) is 0 Å². The summed E-state index contributed by atoms with van der Waals surface area (Å²) in [5, 5.41) is 0. The second kappa shape index (κ2) is 13.0. The topological polar surface area (TPSA) is 9.23 Å². The van der Waals surface area contributed by atoms with Crippen molar-refractivity contribution in [1.29, 1.82) is 0 Å². The van der Waals surface area contributed by atoms with Gasteiger partial charge in [-0.15, -0.1) is 0 Å². The highest BCUT2D eigenvalue weighted by Crippen LogP contribution is 2.09. The number of hydrogen-bond acceptors (Lipinski definition) is 1. The summed E-state index contributed by atoms with van der Waals surface area (Å²) in [6, 6.07) is 0. The third kappa shape index (κ3) is 12.0. The van der Waals surface area contributed by atoms with Crippen LogP contribution in [0, 0.1) is 0 Å². The molecule has 0 spiro atoms. The summed E-state index contributed by atoms with van der Waals surface area (Å²) in [5.74, 6) is 0. The van der Waals surface area contributed by atoms with Gasteiger partial charge in [-0.2, -0.15) is 0 Å². The van der Waals surface area contributed by atoms with Gasteiger partial charge < -0.3 is 4.74 Å². The molecule has 0 aromatic rings. The summed E-state index contributed by atoms with van der Waals surface area (Å²) in [5.41, 5.74) is 0. The van der Waals surface area contributed by atoms with Gasteiger partial charge in [-0.3, -0.25) is 0 Å². The maximum Gasteiger partial charge on any atom is 0.0544 e. The molecule has 0 fully saturated rings. The monoisotopic (exact) mass is 228 g/mol. The highest BCUT2D eigenvalue weighted by Gasteiger charge is 1.97. The molecule has 1 heteroatoms. The summed E-state index contributed by atoms with van der Waals surface area (Å²) in [6.07, 6.45) is 14.1. The smallest absolute Gasteiger partial charge is 0.0544 e. The lowest BCUT2D eigenvalue weighted by molar-refractivity contribution is 0.0608. The highest BCUT2D eigenvalue weighted by atomic mass is 16.5. The van der Waals surface area contributed by atoms with Gasteiger partial charge in [0.1, 0.15) is 0 Å². The van der Waals surface area contributed by atoms with Gasteiger partial charge in [-0.05, 0) is 19.8 Å². The molecule has 0 heterocycles. The van der Waals surface area contributed by atoms with Crippen molar-refractivity contribution in [2.45, 2.75) is 91.1 Å². The van der Waals surface area contributed by atoms with Gasteiger partial charge in [-0.25, -0.2) is 0 Å². The molecule has 0 aliphatic carbocycles. The fraction of sp³-hybridized carbons (Fsp3) is 1.00. The largest absolute Gasteiger partial charge is 0.379 e. The van der Waals surface area contributed by atoms with Crippen LogP contribution in [-0.2, 0) is 4.74 Å². The third-order valence-corrected chi connectivity index (χ3v) is 3.23. The van der Waals surface area contributed by atoms with E-state index in [1.807, 2.05) is 0 Å². The Bertz CT molecular complexity index is 123. The number of ether oxygens (including phenoxy) is 1. The molecule has 0 saturated carbocycles. The normalized spacial score (nSPS) is 12.9. The van der Waals surface area contributed by atoms with Crippen molar-refractivity contribution in [2.75, 3.05) is 6.61 Å². The Balaban J connectivity index is 2.93. The molecule has 0 amide bonds. The Morgan fingerprint density at radius 1 is 0.750 bits per heavy atom. The van der Waals surface area contributed by atoms with E-state index in [0.717, 1.165) is 13.0 Å². The minimum Gasteiger partial charge on any atom is -0.379 e. The molecule has 1 unspecified atom stereocenters. The molecular weight excluding hydrogens is 196 g/mol. The molecule has 0 saturated heterocycles. The van der Waals surface area contributed by atoms with Crippen molar-refractivity contribution in [1.82, 2.24) is 0 Å². The Hall–Kier alpha value is -0.0400. The van der Waals surface area contributed by atoms with Crippen LogP contribution < -0.4 is 0 Å². The summed E-state index contributed by atoms with van der Waals surface area (Å²) < 4.78 is 5.65. The van der Waals surface area contributed by atoms with Crippen LogP contribution in [0.5, 0.6) is 0 Å². The van der Waals surface area contributed by atoms with E-state index in [-0.39, 0.29) is 0 Å². The summed E-state index contributed by atoms with van der Waals surface area (Å²) in [7, 11) is 0. The van der Waals surface area contributed by atoms with Gasteiger partial charge in [0.15, 0.2) is 0 Å². The zero-order valence-corrected chi connectivity index (χ0v) is 11.8. The minimum absolute atomic E-state index is 0.453. The number of unbranched alkanes of at least 4 members (excludes halogenated alkanes) is 8. The fourth-order valence-corrected chi connectivity index (χ4v) is 1.82. The quantitative estimate of drug-likeness (QED) is 0.410. The van der Waals surface area contributed by atoms with Gasteiger partial charge in [0.25, 0.3) is 0 Å². The van der Waals surface area contributed by atoms with Crippen LogP contribution in [0.3, 0.4) is 0 Å². The Morgan fingerprint density at radius 3 is 1.75 bits per heavy atom. The average molecular weight is 228 g/mol. The van der Waals surface area contributed by atoms with E-state index in [9.17, 15) is 0 Å². The lowest BCUT2D eigenvalue weighted by Crippen LogP contribution is -2.07. The van der Waals surface area contributed by atoms with Crippen molar-refractivity contribution in [2.24, 2.45) is 0 Å². The molecular formula is C15H32O. The first-order chi connectivity index (χ1) is 7.81. The van der Waals surface area contributed by atoms with E-state index >= 15 is 0 Å². The van der Waals surface area contributed by atoms with Crippen molar-refractivity contribution in [3.63, 3.8) is 0 Å². The van der Waals surface area contributed by atoms with Crippen molar-refractivity contribution in [3.8, 4) is 0 Å². The maximum atomic E-state index is 5.65. The van der Waals surface area contributed by atoms with Crippen LogP contribution in [0.15, 0.2) is 0 Å². The molecule has 0 rings (SSSR count). The molecule has 0 aromatic carbocycles. The van der Waals surface area contributed by atoms with Crippen LogP contribution in [-0.4, -0.2) is 12.7 Å². The SMILES string of the molecule is CCCCCCCCCCCOC(C)CC. The first-order valence-electron chi connectivity index (χ1n) is 7.42. The van der Waals surface area contributed by atoms with Gasteiger partial charge in [-0.1, -0.05) is 65.2 Å². The fourth-order valence-electron chi connectivity index (χ4n) is 1.82. The van der Waals surface area contributed by atoms with E-state index in [2.05, 4.69) is 20.8 Å². The highest BCUT2D eigenvalue weighted by molar-refractivity contribution is 4.48. The van der Waals surface area contributed by atoms with Crippen molar-refractivity contribution >= 4 is 0 Å². The molecule has 1 nitrogen and oxygen atoms in total. The number of hydrogen-bond donors (Lipinski definition) is 0. The molecule has 0 aromatic heterocycles. The molecule has 16 heavy (non-hydrogen) atoms. The second-order valence-corrected chi connectivity index (χ2v) is 4.92. The van der Waals surface area contributed by atoms with Crippen LogP contribution in [0.2, 0.25) is 0 Å². The van der Waals surface area contributed by atoms with E-state index in [1.165, 1.54) is 57.8 Å². The molecule has 0 aliphatic heterocycles. The molecule has 1 atom stereocenters. The Morgan fingerprint density at radius 2 is 1.25 bits per heavy atom. The standard InChI is InChI=1S/C15H32O/c1-4-6-7-8-9-10-11-12-13-14-16-15(3)5-2/h15H,4-14H2,1-3H3. The Kier molecular flexibility index (Phi) is 13.0. The minimum atomic E-state index is 0.453. The van der Waals surface area contributed by atoms with Gasteiger partial charge in [0, 0.05) is 6.61 Å². The van der Waals surface area contributed by atoms with Gasteiger partial charge in [0.05, 0.1) is 6.10 Å². The summed E-state index contributed by atoms with van der Waals surface area (Å²) >= 11 is 0. The summed E-state index contributed by atoms with van der Waals surface area (Å²) in [4.78, 5) is 0. The molecule has 0 aliphatic rings. The van der Waals surface area contributed by atoms with E-state index in [0.29, 0.717) is 6.10 Å². The first kappa shape index (κ1) is 16.0. The molecule has 0 N–H and O–H groups in total. The maximum absolute atomic E-state index is 5.65. The van der Waals surface area contributed by atoms with Crippen molar-refractivity contribution < 1.29 is 4.74 Å². The Labute approximate surface area is 103 Å². The van der Waals surface area contributed by atoms with Crippen LogP contribution in [0.1, 0.15) is 85.0 Å². The molecule has 0 radical (unpaired) electrons. The van der Waals surface area contributed by atoms with Crippen LogP contribution in [0.4, 0.5) is 0 Å².